The third-order valence-electron chi connectivity index (χ3n) is 5.15. The Bertz CT molecular complexity index is 893. The Hall–Kier alpha value is -3.10. The summed E-state index contributed by atoms with van der Waals surface area (Å²) >= 11 is 0. The van der Waals surface area contributed by atoms with Crippen LogP contribution < -0.4 is 10.6 Å². The Morgan fingerprint density at radius 3 is 2.54 bits per heavy atom. The average molecular weight is 386 g/mol. The maximum Gasteiger partial charge on any atom is 0.246 e. The third kappa shape index (κ3) is 3.64. The van der Waals surface area contributed by atoms with Crippen LogP contribution in [0.5, 0.6) is 0 Å². The lowest BCUT2D eigenvalue weighted by atomic mass is 9.94. The van der Waals surface area contributed by atoms with Crippen LogP contribution in [0.4, 0.5) is 20.5 Å². The van der Waals surface area contributed by atoms with Crippen LogP contribution >= 0.6 is 0 Å². The largest absolute Gasteiger partial charge is 0.368 e. The van der Waals surface area contributed by atoms with E-state index in [0.29, 0.717) is 37.9 Å². The van der Waals surface area contributed by atoms with E-state index in [2.05, 4.69) is 20.0 Å². The van der Waals surface area contributed by atoms with Crippen LogP contribution in [-0.2, 0) is 4.79 Å². The zero-order valence-electron chi connectivity index (χ0n) is 15.1. The topological polar surface area (TPSA) is 87.7 Å². The van der Waals surface area contributed by atoms with Crippen molar-refractivity contribution in [1.82, 2.24) is 15.0 Å². The van der Waals surface area contributed by atoms with E-state index in [1.54, 1.807) is 18.5 Å². The summed E-state index contributed by atoms with van der Waals surface area (Å²) < 4.78 is 27.2. The summed E-state index contributed by atoms with van der Waals surface area (Å²) in [5.41, 5.74) is 6.05. The summed E-state index contributed by atoms with van der Waals surface area (Å²) in [6.07, 6.45) is 4.94. The predicted molar refractivity (Wildman–Crippen MR) is 100 cm³/mol. The molecule has 28 heavy (non-hydrogen) atoms. The van der Waals surface area contributed by atoms with Gasteiger partial charge in [0.25, 0.3) is 0 Å². The molecule has 0 saturated carbocycles. The number of aromatic nitrogens is 2. The van der Waals surface area contributed by atoms with E-state index >= 15 is 0 Å². The van der Waals surface area contributed by atoms with E-state index in [1.165, 1.54) is 17.1 Å². The van der Waals surface area contributed by atoms with Crippen molar-refractivity contribution in [2.75, 3.05) is 23.7 Å². The lowest BCUT2D eigenvalue weighted by Crippen LogP contribution is -2.41. The minimum atomic E-state index is -0.660. The number of nitrogens with two attached hydrogens (primary N) is 1. The fourth-order valence-electron chi connectivity index (χ4n) is 3.75. The third-order valence-corrected chi connectivity index (χ3v) is 5.15. The molecule has 9 heteroatoms. The van der Waals surface area contributed by atoms with Gasteiger partial charge in [-0.3, -0.25) is 4.79 Å². The van der Waals surface area contributed by atoms with E-state index in [9.17, 15) is 13.6 Å². The molecule has 0 aliphatic carbocycles. The Labute approximate surface area is 160 Å². The normalized spacial score (nSPS) is 20.0. The molecule has 2 aliphatic heterocycles. The van der Waals surface area contributed by atoms with Crippen molar-refractivity contribution < 1.29 is 13.6 Å². The fourth-order valence-corrected chi connectivity index (χ4v) is 3.75. The number of halogens is 2. The van der Waals surface area contributed by atoms with Gasteiger partial charge in [0.1, 0.15) is 17.5 Å². The quantitative estimate of drug-likeness (QED) is 0.876. The van der Waals surface area contributed by atoms with Crippen molar-refractivity contribution in [1.29, 1.82) is 0 Å². The van der Waals surface area contributed by atoms with Crippen LogP contribution in [0, 0.1) is 17.6 Å². The minimum Gasteiger partial charge on any atom is -0.368 e. The van der Waals surface area contributed by atoms with Gasteiger partial charge < -0.3 is 10.6 Å². The molecule has 4 rings (SSSR count). The van der Waals surface area contributed by atoms with Crippen molar-refractivity contribution >= 4 is 23.9 Å². The minimum absolute atomic E-state index is 0.120. The number of amides is 1. The molecule has 1 aromatic carbocycles. The highest BCUT2D eigenvalue weighted by atomic mass is 19.1. The molecule has 1 atom stereocenters. The maximum absolute atomic E-state index is 13.6. The van der Waals surface area contributed by atoms with E-state index in [4.69, 9.17) is 5.73 Å². The standard InChI is InChI=1S/C19H20F2N6O/c20-14-9-13(10-15(21)11-14)16-1-6-24-27(16)18(28)12-3-7-26(8-4-12)17-2-5-23-19(22)25-17/h2,5-6,9-12,16H,1,3-4,7-8H2,(H2,22,23,25)/t16-/m0/s1. The molecule has 3 heterocycles. The summed E-state index contributed by atoms with van der Waals surface area (Å²) in [6.45, 7) is 1.31. The SMILES string of the molecule is Nc1nccc(N2CCC(C(=O)N3N=CC[C@H]3c3cc(F)cc(F)c3)CC2)n1. The van der Waals surface area contributed by atoms with Crippen molar-refractivity contribution in [3.8, 4) is 0 Å². The second-order valence-electron chi connectivity index (χ2n) is 6.97. The number of hydrazone groups is 1. The molecule has 0 bridgehead atoms. The van der Waals surface area contributed by atoms with Crippen LogP contribution in [0.3, 0.4) is 0 Å². The van der Waals surface area contributed by atoms with Gasteiger partial charge in [-0.2, -0.15) is 10.1 Å². The summed E-state index contributed by atoms with van der Waals surface area (Å²) in [7, 11) is 0. The van der Waals surface area contributed by atoms with Gasteiger partial charge in [-0.25, -0.2) is 18.8 Å². The molecular weight excluding hydrogens is 366 g/mol. The van der Waals surface area contributed by atoms with Gasteiger partial charge in [-0.15, -0.1) is 0 Å². The summed E-state index contributed by atoms with van der Waals surface area (Å²) in [4.78, 5) is 23.2. The molecule has 146 valence electrons. The van der Waals surface area contributed by atoms with Gasteiger partial charge in [-0.05, 0) is 36.6 Å². The first-order valence-corrected chi connectivity index (χ1v) is 9.16. The number of nitrogens with zero attached hydrogens (tertiary/aromatic N) is 5. The Kier molecular flexibility index (Phi) is 4.89. The van der Waals surface area contributed by atoms with Gasteiger partial charge >= 0.3 is 0 Å². The van der Waals surface area contributed by atoms with E-state index in [-0.39, 0.29) is 17.8 Å². The highest BCUT2D eigenvalue weighted by Gasteiger charge is 2.35. The smallest absolute Gasteiger partial charge is 0.246 e. The van der Waals surface area contributed by atoms with E-state index < -0.39 is 17.7 Å². The number of carbonyl (C=O) groups is 1. The molecule has 7 nitrogen and oxygen atoms in total. The first kappa shape index (κ1) is 18.3. The van der Waals surface area contributed by atoms with Crippen molar-refractivity contribution in [2.24, 2.45) is 11.0 Å². The molecule has 1 saturated heterocycles. The van der Waals surface area contributed by atoms with E-state index in [0.717, 1.165) is 11.9 Å². The van der Waals surface area contributed by atoms with Crippen LogP contribution in [-0.4, -0.2) is 40.2 Å². The molecule has 2 aromatic rings. The highest BCUT2D eigenvalue weighted by molar-refractivity contribution is 5.82. The Balaban J connectivity index is 1.44. The summed E-state index contributed by atoms with van der Waals surface area (Å²) in [5.74, 6) is -0.687. The molecule has 0 radical (unpaired) electrons. The van der Waals surface area contributed by atoms with Gasteiger partial charge in [0.05, 0.1) is 6.04 Å². The molecule has 1 amide bonds. The summed E-state index contributed by atoms with van der Waals surface area (Å²) in [5, 5.41) is 5.55. The van der Waals surface area contributed by atoms with Gasteiger partial charge in [0, 0.05) is 43.9 Å². The monoisotopic (exact) mass is 386 g/mol. The Morgan fingerprint density at radius 2 is 1.86 bits per heavy atom. The van der Waals surface area contributed by atoms with Crippen LogP contribution in [0.1, 0.15) is 30.9 Å². The van der Waals surface area contributed by atoms with Crippen molar-refractivity contribution in [3.05, 3.63) is 47.7 Å². The lowest BCUT2D eigenvalue weighted by Gasteiger charge is -2.34. The first-order chi connectivity index (χ1) is 13.5. The van der Waals surface area contributed by atoms with Crippen molar-refractivity contribution in [2.45, 2.75) is 25.3 Å². The number of carbonyl (C=O) groups excluding carboxylic acids is 1. The second kappa shape index (κ2) is 7.49. The van der Waals surface area contributed by atoms with Gasteiger partial charge in [-0.1, -0.05) is 0 Å². The molecule has 2 aliphatic rings. The van der Waals surface area contributed by atoms with Crippen LogP contribution in [0.25, 0.3) is 0 Å². The first-order valence-electron chi connectivity index (χ1n) is 9.16. The number of anilines is 2. The van der Waals surface area contributed by atoms with Crippen molar-refractivity contribution in [3.63, 3.8) is 0 Å². The lowest BCUT2D eigenvalue weighted by molar-refractivity contribution is -0.138. The zero-order chi connectivity index (χ0) is 19.7. The zero-order valence-corrected chi connectivity index (χ0v) is 15.1. The molecule has 1 fully saturated rings. The molecule has 0 spiro atoms. The molecule has 1 aromatic heterocycles. The molecular formula is C19H20F2N6O. The molecule has 2 N–H and O–H groups in total. The number of rotatable bonds is 3. The Morgan fingerprint density at radius 1 is 1.14 bits per heavy atom. The number of benzene rings is 1. The maximum atomic E-state index is 13.6. The summed E-state index contributed by atoms with van der Waals surface area (Å²) in [6, 6.07) is 4.64. The van der Waals surface area contributed by atoms with Gasteiger partial charge in [0.15, 0.2) is 0 Å². The van der Waals surface area contributed by atoms with Gasteiger partial charge in [0.2, 0.25) is 11.9 Å². The van der Waals surface area contributed by atoms with Crippen LogP contribution in [0.2, 0.25) is 0 Å². The number of piperidine rings is 1. The molecule has 0 unspecified atom stereocenters. The highest BCUT2D eigenvalue weighted by Crippen LogP contribution is 2.33. The second-order valence-corrected chi connectivity index (χ2v) is 6.97. The predicted octanol–water partition coefficient (Wildman–Crippen LogP) is 2.51. The average Bonchev–Trinajstić information content (AvgIpc) is 3.17. The van der Waals surface area contributed by atoms with Crippen LogP contribution in [0.15, 0.2) is 35.6 Å². The van der Waals surface area contributed by atoms with E-state index in [1.807, 2.05) is 0 Å². The number of hydrogen-bond donors (Lipinski definition) is 1. The fraction of sp³-hybridized carbons (Fsp3) is 0.368. The number of hydrogen-bond acceptors (Lipinski definition) is 6. The number of nitrogen functional groups attached to an aromatic ring is 1.